The number of piperidine rings is 1. The molecule has 27 heavy (non-hydrogen) atoms. The summed E-state index contributed by atoms with van der Waals surface area (Å²) in [6, 6.07) is 9.93. The third-order valence-electron chi connectivity index (χ3n) is 4.84. The third-order valence-corrected chi connectivity index (χ3v) is 5.77. The molecule has 2 heterocycles. The number of hydrogen-bond donors (Lipinski definition) is 1. The molecular weight excluding hydrogens is 356 g/mol. The molecule has 3 rings (SSSR count). The average molecular weight is 385 g/mol. The van der Waals surface area contributed by atoms with Gasteiger partial charge in [-0.3, -0.25) is 4.79 Å². The molecule has 0 spiro atoms. The summed E-state index contributed by atoms with van der Waals surface area (Å²) in [6.07, 6.45) is 3.76. The van der Waals surface area contributed by atoms with E-state index in [0.29, 0.717) is 17.6 Å². The quantitative estimate of drug-likeness (QED) is 0.596. The molecule has 2 aromatic rings. The van der Waals surface area contributed by atoms with Crippen molar-refractivity contribution in [2.24, 2.45) is 11.8 Å². The second-order valence-corrected chi connectivity index (χ2v) is 8.41. The van der Waals surface area contributed by atoms with Gasteiger partial charge < -0.3 is 10.2 Å². The molecule has 1 aromatic carbocycles. The Balaban J connectivity index is 1.59. The second-order valence-electron chi connectivity index (χ2n) is 7.41. The van der Waals surface area contributed by atoms with E-state index in [-0.39, 0.29) is 5.91 Å². The largest absolute Gasteiger partial charge is 0.356 e. The highest BCUT2D eigenvalue weighted by Crippen LogP contribution is 2.27. The highest BCUT2D eigenvalue weighted by atomic mass is 32.2. The van der Waals surface area contributed by atoms with E-state index in [1.165, 1.54) is 18.2 Å². The van der Waals surface area contributed by atoms with Gasteiger partial charge in [-0.1, -0.05) is 50.7 Å². The van der Waals surface area contributed by atoms with Crippen LogP contribution in [0.4, 0.5) is 11.5 Å². The molecule has 0 bridgehead atoms. The van der Waals surface area contributed by atoms with Crippen molar-refractivity contribution in [3.8, 4) is 0 Å². The number of aryl methyl sites for hydroxylation is 1. The first-order valence-electron chi connectivity index (χ1n) is 9.62. The molecule has 144 valence electrons. The lowest BCUT2D eigenvalue weighted by Gasteiger charge is -2.35. The zero-order chi connectivity index (χ0) is 19.2. The Kier molecular flexibility index (Phi) is 6.72. The maximum atomic E-state index is 12.3. The summed E-state index contributed by atoms with van der Waals surface area (Å²) in [6.45, 7) is 8.72. The van der Waals surface area contributed by atoms with E-state index in [9.17, 15) is 4.79 Å². The molecule has 1 fully saturated rings. The zero-order valence-electron chi connectivity index (χ0n) is 16.3. The SMILES string of the molecule is CCc1ccccc1NC(=O)CSc1cc(N2CC(C)CC(C)C2)ncn1. The van der Waals surface area contributed by atoms with E-state index < -0.39 is 0 Å². The standard InChI is InChI=1S/C21H28N4OS/c1-4-17-7-5-6-8-18(17)24-20(26)13-27-21-10-19(22-14-23-21)25-11-15(2)9-16(3)12-25/h5-8,10,14-16H,4,9,11-13H2,1-3H3,(H,24,26). The van der Waals surface area contributed by atoms with E-state index in [0.717, 1.165) is 41.6 Å². The molecule has 1 amide bonds. The van der Waals surface area contributed by atoms with Gasteiger partial charge in [0.1, 0.15) is 17.2 Å². The number of aromatic nitrogens is 2. The van der Waals surface area contributed by atoms with Crippen LogP contribution in [0.1, 0.15) is 32.8 Å². The van der Waals surface area contributed by atoms with Crippen LogP contribution in [-0.2, 0) is 11.2 Å². The Hall–Kier alpha value is -2.08. The van der Waals surface area contributed by atoms with E-state index in [4.69, 9.17) is 0 Å². The lowest BCUT2D eigenvalue weighted by Crippen LogP contribution is -2.39. The molecule has 1 saturated heterocycles. The van der Waals surface area contributed by atoms with Crippen LogP contribution in [0.3, 0.4) is 0 Å². The Morgan fingerprint density at radius 1 is 1.22 bits per heavy atom. The molecule has 1 aliphatic rings. The first kappa shape index (κ1) is 19.7. The summed E-state index contributed by atoms with van der Waals surface area (Å²) in [5, 5.41) is 3.85. The summed E-state index contributed by atoms with van der Waals surface area (Å²) in [7, 11) is 0. The maximum absolute atomic E-state index is 12.3. The molecule has 1 N–H and O–H groups in total. The van der Waals surface area contributed by atoms with Crippen LogP contribution in [0.2, 0.25) is 0 Å². The summed E-state index contributed by atoms with van der Waals surface area (Å²) < 4.78 is 0. The molecule has 0 radical (unpaired) electrons. The number of amides is 1. The second kappa shape index (κ2) is 9.22. The number of nitrogens with zero attached hydrogens (tertiary/aromatic N) is 3. The van der Waals surface area contributed by atoms with Gasteiger partial charge in [-0.05, 0) is 36.3 Å². The normalized spacial score (nSPS) is 19.7. The first-order valence-corrected chi connectivity index (χ1v) is 10.6. The fraction of sp³-hybridized carbons (Fsp3) is 0.476. The fourth-order valence-corrected chi connectivity index (χ4v) is 4.37. The number of rotatable bonds is 6. The summed E-state index contributed by atoms with van der Waals surface area (Å²) in [4.78, 5) is 23.5. The molecule has 6 heteroatoms. The number of benzene rings is 1. The van der Waals surface area contributed by atoms with Gasteiger partial charge in [0.25, 0.3) is 0 Å². The number of para-hydroxylation sites is 1. The number of thioether (sulfide) groups is 1. The third kappa shape index (κ3) is 5.45. The van der Waals surface area contributed by atoms with Crippen molar-refractivity contribution in [1.29, 1.82) is 0 Å². The number of hydrogen-bond acceptors (Lipinski definition) is 5. The van der Waals surface area contributed by atoms with Crippen LogP contribution in [-0.4, -0.2) is 34.7 Å². The smallest absolute Gasteiger partial charge is 0.234 e. The van der Waals surface area contributed by atoms with Gasteiger partial charge >= 0.3 is 0 Å². The summed E-state index contributed by atoms with van der Waals surface area (Å²) >= 11 is 1.45. The van der Waals surface area contributed by atoms with Gasteiger partial charge in [-0.15, -0.1) is 0 Å². The maximum Gasteiger partial charge on any atom is 0.234 e. The Morgan fingerprint density at radius 3 is 2.70 bits per heavy atom. The van der Waals surface area contributed by atoms with Gasteiger partial charge in [0.05, 0.1) is 5.75 Å². The van der Waals surface area contributed by atoms with Gasteiger partial charge in [-0.2, -0.15) is 0 Å². The van der Waals surface area contributed by atoms with Crippen LogP contribution < -0.4 is 10.2 Å². The lowest BCUT2D eigenvalue weighted by atomic mass is 9.92. The molecule has 1 aromatic heterocycles. The molecule has 0 aliphatic carbocycles. The molecule has 2 atom stereocenters. The van der Waals surface area contributed by atoms with Crippen molar-refractivity contribution in [3.63, 3.8) is 0 Å². The minimum absolute atomic E-state index is 0.0127. The van der Waals surface area contributed by atoms with E-state index in [1.54, 1.807) is 6.33 Å². The van der Waals surface area contributed by atoms with E-state index in [2.05, 4.69) is 41.0 Å². The van der Waals surface area contributed by atoms with Crippen LogP contribution in [0.5, 0.6) is 0 Å². The zero-order valence-corrected chi connectivity index (χ0v) is 17.1. The molecular formula is C21H28N4OS. The van der Waals surface area contributed by atoms with Crippen LogP contribution in [0.25, 0.3) is 0 Å². The summed E-state index contributed by atoms with van der Waals surface area (Å²) in [5.74, 6) is 2.62. The lowest BCUT2D eigenvalue weighted by molar-refractivity contribution is -0.113. The molecule has 2 unspecified atom stereocenters. The van der Waals surface area contributed by atoms with Crippen molar-refractivity contribution >= 4 is 29.2 Å². The molecule has 1 aliphatic heterocycles. The number of carbonyl (C=O) groups excluding carboxylic acids is 1. The number of carbonyl (C=O) groups is 1. The minimum atomic E-state index is -0.0127. The number of anilines is 2. The van der Waals surface area contributed by atoms with Crippen molar-refractivity contribution in [3.05, 3.63) is 42.2 Å². The van der Waals surface area contributed by atoms with Crippen molar-refractivity contribution < 1.29 is 4.79 Å². The van der Waals surface area contributed by atoms with Crippen molar-refractivity contribution in [2.75, 3.05) is 29.1 Å². The van der Waals surface area contributed by atoms with E-state index >= 15 is 0 Å². The summed E-state index contributed by atoms with van der Waals surface area (Å²) in [5.41, 5.74) is 2.04. The van der Waals surface area contributed by atoms with Crippen LogP contribution in [0.15, 0.2) is 41.7 Å². The van der Waals surface area contributed by atoms with Gasteiger partial charge in [0, 0.05) is 24.8 Å². The average Bonchev–Trinajstić information content (AvgIpc) is 2.66. The first-order chi connectivity index (χ1) is 13.0. The van der Waals surface area contributed by atoms with E-state index in [1.807, 2.05) is 30.3 Å². The van der Waals surface area contributed by atoms with Crippen molar-refractivity contribution in [1.82, 2.24) is 9.97 Å². The highest BCUT2D eigenvalue weighted by molar-refractivity contribution is 7.99. The topological polar surface area (TPSA) is 58.1 Å². The monoisotopic (exact) mass is 384 g/mol. The van der Waals surface area contributed by atoms with Gasteiger partial charge in [0.15, 0.2) is 0 Å². The van der Waals surface area contributed by atoms with Crippen LogP contribution >= 0.6 is 11.8 Å². The molecule has 0 saturated carbocycles. The Morgan fingerprint density at radius 2 is 1.96 bits per heavy atom. The predicted octanol–water partition coefficient (Wildman–Crippen LogP) is 4.25. The predicted molar refractivity (Wildman–Crippen MR) is 112 cm³/mol. The van der Waals surface area contributed by atoms with Gasteiger partial charge in [0.2, 0.25) is 5.91 Å². The van der Waals surface area contributed by atoms with Crippen molar-refractivity contribution in [2.45, 2.75) is 38.6 Å². The Labute approximate surface area is 166 Å². The van der Waals surface area contributed by atoms with Crippen LogP contribution in [0, 0.1) is 11.8 Å². The fourth-order valence-electron chi connectivity index (χ4n) is 3.71. The molecule has 5 nitrogen and oxygen atoms in total. The number of nitrogens with one attached hydrogen (secondary N) is 1. The van der Waals surface area contributed by atoms with Gasteiger partial charge in [-0.25, -0.2) is 9.97 Å². The highest BCUT2D eigenvalue weighted by Gasteiger charge is 2.23. The Bertz CT molecular complexity index is 772. The minimum Gasteiger partial charge on any atom is -0.356 e.